The third kappa shape index (κ3) is 6.72. The molecule has 0 aliphatic rings. The molecule has 0 saturated heterocycles. The summed E-state index contributed by atoms with van der Waals surface area (Å²) in [6, 6.07) is 21.3. The third-order valence-electron chi connectivity index (χ3n) is 5.78. The maximum atomic E-state index is 13.4. The minimum atomic E-state index is -0.277. The Bertz CT molecular complexity index is 1040. The molecule has 0 unspecified atom stereocenters. The van der Waals surface area contributed by atoms with Crippen LogP contribution in [0, 0.1) is 0 Å². The van der Waals surface area contributed by atoms with Crippen LogP contribution < -0.4 is 5.32 Å². The van der Waals surface area contributed by atoms with Crippen molar-refractivity contribution < 1.29 is 9.59 Å². The average Bonchev–Trinajstić information content (AvgIpc) is 3.22. The zero-order valence-electron chi connectivity index (χ0n) is 20.0. The Kier molecular flexibility index (Phi) is 8.30. The van der Waals surface area contributed by atoms with E-state index in [2.05, 4.69) is 12.2 Å². The Hall–Kier alpha value is -3.54. The van der Waals surface area contributed by atoms with E-state index < -0.39 is 0 Å². The molecule has 3 amide bonds. The highest BCUT2D eigenvalue weighted by Crippen LogP contribution is 2.15. The molecule has 0 aliphatic heterocycles. The highest BCUT2D eigenvalue weighted by molar-refractivity contribution is 5.92. The number of hydrogen-bond donors (Lipinski definition) is 1. The van der Waals surface area contributed by atoms with Crippen molar-refractivity contribution in [1.29, 1.82) is 0 Å². The number of amides is 3. The van der Waals surface area contributed by atoms with Crippen molar-refractivity contribution in [1.82, 2.24) is 14.4 Å². The number of carbonyl (C=O) groups excluding carboxylic acids is 2. The van der Waals surface area contributed by atoms with Crippen molar-refractivity contribution in [3.05, 3.63) is 89.7 Å². The number of nitrogens with zero attached hydrogens (tertiary/aromatic N) is 3. The maximum absolute atomic E-state index is 13.4. The SMILES string of the molecule is CCc1ccc(NC(=O)N(CC(=O)N(Cc2ccccc2)Cc2cccn2C)C(C)C)cc1. The third-order valence-corrected chi connectivity index (χ3v) is 5.78. The summed E-state index contributed by atoms with van der Waals surface area (Å²) in [4.78, 5) is 29.9. The summed E-state index contributed by atoms with van der Waals surface area (Å²) >= 11 is 0. The smallest absolute Gasteiger partial charge is 0.322 e. The van der Waals surface area contributed by atoms with Crippen molar-refractivity contribution in [2.75, 3.05) is 11.9 Å². The molecule has 3 aromatic rings. The lowest BCUT2D eigenvalue weighted by Crippen LogP contribution is -2.47. The molecule has 33 heavy (non-hydrogen) atoms. The number of aryl methyl sites for hydroxylation is 2. The summed E-state index contributed by atoms with van der Waals surface area (Å²) in [5.41, 5.74) is 4.02. The number of anilines is 1. The number of aromatic nitrogens is 1. The van der Waals surface area contributed by atoms with Gasteiger partial charge in [0, 0.05) is 37.2 Å². The van der Waals surface area contributed by atoms with E-state index in [1.54, 1.807) is 4.90 Å². The first-order valence-corrected chi connectivity index (χ1v) is 11.5. The highest BCUT2D eigenvalue weighted by Gasteiger charge is 2.24. The molecule has 6 nitrogen and oxygen atoms in total. The molecule has 0 bridgehead atoms. The molecule has 1 aromatic heterocycles. The molecular weight excluding hydrogens is 412 g/mol. The number of carbonyl (C=O) groups is 2. The Morgan fingerprint density at radius 2 is 1.61 bits per heavy atom. The van der Waals surface area contributed by atoms with E-state index in [9.17, 15) is 9.59 Å². The fraction of sp³-hybridized carbons (Fsp3) is 0.333. The van der Waals surface area contributed by atoms with Crippen LogP contribution >= 0.6 is 0 Å². The van der Waals surface area contributed by atoms with E-state index in [0.29, 0.717) is 13.1 Å². The van der Waals surface area contributed by atoms with Crippen LogP contribution in [-0.4, -0.2) is 38.9 Å². The lowest BCUT2D eigenvalue weighted by atomic mass is 10.1. The highest BCUT2D eigenvalue weighted by atomic mass is 16.2. The molecule has 0 radical (unpaired) electrons. The Labute approximate surface area is 196 Å². The van der Waals surface area contributed by atoms with E-state index >= 15 is 0 Å². The van der Waals surface area contributed by atoms with Crippen molar-refractivity contribution in [2.24, 2.45) is 7.05 Å². The molecule has 0 fully saturated rings. The van der Waals surface area contributed by atoms with Gasteiger partial charge in [0.1, 0.15) is 6.54 Å². The van der Waals surface area contributed by atoms with Crippen LogP contribution in [0.1, 0.15) is 37.6 Å². The number of urea groups is 1. The first kappa shape index (κ1) is 24.1. The van der Waals surface area contributed by atoms with Gasteiger partial charge in [0.15, 0.2) is 0 Å². The second kappa shape index (κ2) is 11.4. The Balaban J connectivity index is 1.74. The predicted molar refractivity (Wildman–Crippen MR) is 133 cm³/mol. The van der Waals surface area contributed by atoms with Gasteiger partial charge >= 0.3 is 6.03 Å². The van der Waals surface area contributed by atoms with Crippen LogP contribution in [0.4, 0.5) is 10.5 Å². The Morgan fingerprint density at radius 3 is 2.18 bits per heavy atom. The van der Waals surface area contributed by atoms with Crippen LogP contribution in [0.15, 0.2) is 72.9 Å². The quantitative estimate of drug-likeness (QED) is 0.500. The molecule has 3 rings (SSSR count). The summed E-state index contributed by atoms with van der Waals surface area (Å²) in [6.45, 7) is 6.90. The molecule has 0 aliphatic carbocycles. The van der Waals surface area contributed by atoms with E-state index in [1.807, 2.05) is 103 Å². The minimum absolute atomic E-state index is 0.00774. The van der Waals surface area contributed by atoms with Gasteiger partial charge in [0.2, 0.25) is 5.91 Å². The molecule has 2 aromatic carbocycles. The maximum Gasteiger partial charge on any atom is 0.322 e. The monoisotopic (exact) mass is 446 g/mol. The fourth-order valence-electron chi connectivity index (χ4n) is 3.65. The summed E-state index contributed by atoms with van der Waals surface area (Å²) in [5.74, 6) is -0.0924. The zero-order valence-corrected chi connectivity index (χ0v) is 20.0. The molecule has 1 heterocycles. The summed E-state index contributed by atoms with van der Waals surface area (Å²) < 4.78 is 2.01. The topological polar surface area (TPSA) is 57.6 Å². The number of rotatable bonds is 9. The van der Waals surface area contributed by atoms with Gasteiger partial charge in [0.25, 0.3) is 0 Å². The number of nitrogens with one attached hydrogen (secondary N) is 1. The lowest BCUT2D eigenvalue weighted by Gasteiger charge is -2.30. The number of hydrogen-bond acceptors (Lipinski definition) is 2. The molecular formula is C27H34N4O2. The van der Waals surface area contributed by atoms with Gasteiger partial charge in [-0.15, -0.1) is 0 Å². The molecule has 1 N–H and O–H groups in total. The van der Waals surface area contributed by atoms with Crippen molar-refractivity contribution in [3.63, 3.8) is 0 Å². The normalized spacial score (nSPS) is 10.8. The van der Waals surface area contributed by atoms with E-state index in [0.717, 1.165) is 23.4 Å². The van der Waals surface area contributed by atoms with Crippen LogP contribution in [0.3, 0.4) is 0 Å². The standard InChI is InChI=1S/C27H34N4O2/c1-5-22-13-15-24(16-14-22)28-27(33)31(21(2)3)20-26(32)30(18-23-10-7-6-8-11-23)19-25-12-9-17-29(25)4/h6-17,21H,5,18-20H2,1-4H3,(H,28,33). The van der Waals surface area contributed by atoms with Gasteiger partial charge in [-0.3, -0.25) is 4.79 Å². The Morgan fingerprint density at radius 1 is 0.909 bits per heavy atom. The second-order valence-electron chi connectivity index (χ2n) is 8.55. The average molecular weight is 447 g/mol. The van der Waals surface area contributed by atoms with Crippen LogP contribution in [-0.2, 0) is 31.4 Å². The zero-order chi connectivity index (χ0) is 23.8. The van der Waals surface area contributed by atoms with Gasteiger partial charge in [0.05, 0.1) is 6.54 Å². The summed E-state index contributed by atoms with van der Waals surface area (Å²) in [7, 11) is 1.97. The minimum Gasteiger partial charge on any atom is -0.353 e. The molecule has 0 spiro atoms. The molecule has 0 saturated carbocycles. The number of benzene rings is 2. The molecule has 0 atom stereocenters. The van der Waals surface area contributed by atoms with Crippen LogP contribution in [0.25, 0.3) is 0 Å². The molecule has 6 heteroatoms. The van der Waals surface area contributed by atoms with E-state index in [-0.39, 0.29) is 24.5 Å². The van der Waals surface area contributed by atoms with Gasteiger partial charge in [-0.1, -0.05) is 49.4 Å². The second-order valence-corrected chi connectivity index (χ2v) is 8.55. The fourth-order valence-corrected chi connectivity index (χ4v) is 3.65. The van der Waals surface area contributed by atoms with Crippen LogP contribution in [0.2, 0.25) is 0 Å². The van der Waals surface area contributed by atoms with Gasteiger partial charge < -0.3 is 19.7 Å². The van der Waals surface area contributed by atoms with Gasteiger partial charge in [-0.2, -0.15) is 0 Å². The van der Waals surface area contributed by atoms with E-state index in [4.69, 9.17) is 0 Å². The lowest BCUT2D eigenvalue weighted by molar-refractivity contribution is -0.133. The first-order valence-electron chi connectivity index (χ1n) is 11.5. The van der Waals surface area contributed by atoms with Crippen molar-refractivity contribution in [3.8, 4) is 0 Å². The van der Waals surface area contributed by atoms with Gasteiger partial charge in [-0.25, -0.2) is 4.79 Å². The van der Waals surface area contributed by atoms with Crippen LogP contribution in [0.5, 0.6) is 0 Å². The van der Waals surface area contributed by atoms with Crippen molar-refractivity contribution >= 4 is 17.6 Å². The largest absolute Gasteiger partial charge is 0.353 e. The molecule has 174 valence electrons. The summed E-state index contributed by atoms with van der Waals surface area (Å²) in [5, 5.41) is 2.94. The summed E-state index contributed by atoms with van der Waals surface area (Å²) in [6.07, 6.45) is 2.91. The predicted octanol–water partition coefficient (Wildman–Crippen LogP) is 5.06. The van der Waals surface area contributed by atoms with Crippen molar-refractivity contribution in [2.45, 2.75) is 46.3 Å². The van der Waals surface area contributed by atoms with Gasteiger partial charge in [-0.05, 0) is 55.7 Å². The van der Waals surface area contributed by atoms with E-state index in [1.165, 1.54) is 5.56 Å². The first-order chi connectivity index (χ1) is 15.9.